The highest BCUT2D eigenvalue weighted by atomic mass is 32.2. The normalized spacial score (nSPS) is 18.4. The van der Waals surface area contributed by atoms with Crippen LogP contribution in [0.4, 0.5) is 0 Å². The molecule has 7 nitrogen and oxygen atoms in total. The van der Waals surface area contributed by atoms with Crippen LogP contribution in [0.3, 0.4) is 0 Å². The molecular formula is C29H34N2O5S. The topological polar surface area (TPSA) is 95.9 Å². The Hall–Kier alpha value is -3.04. The van der Waals surface area contributed by atoms with E-state index in [1.54, 1.807) is 18.2 Å². The number of ether oxygens (including phenoxy) is 1. The third-order valence-electron chi connectivity index (χ3n) is 6.76. The molecule has 2 atom stereocenters. The lowest BCUT2D eigenvalue weighted by Crippen LogP contribution is -2.46. The number of likely N-dealkylation sites (tertiary alicyclic amines) is 1. The van der Waals surface area contributed by atoms with Gasteiger partial charge in [0, 0.05) is 19.6 Å². The molecular weight excluding hydrogens is 488 g/mol. The number of piperidine rings is 1. The van der Waals surface area contributed by atoms with Crippen molar-refractivity contribution in [2.24, 2.45) is 5.92 Å². The number of carbonyl (C=O) groups is 1. The molecule has 196 valence electrons. The molecule has 0 unspecified atom stereocenters. The molecule has 0 spiro atoms. The van der Waals surface area contributed by atoms with E-state index in [-0.39, 0.29) is 22.3 Å². The monoisotopic (exact) mass is 522 g/mol. The van der Waals surface area contributed by atoms with Gasteiger partial charge in [0.05, 0.1) is 22.3 Å². The Morgan fingerprint density at radius 3 is 2.46 bits per heavy atom. The number of aliphatic hydroxyl groups excluding tert-OH is 1. The van der Waals surface area contributed by atoms with Crippen molar-refractivity contribution in [1.29, 1.82) is 0 Å². The fraction of sp³-hybridized carbons (Fsp3) is 0.345. The van der Waals surface area contributed by atoms with Crippen LogP contribution in [0.25, 0.3) is 0 Å². The van der Waals surface area contributed by atoms with Crippen LogP contribution in [0.5, 0.6) is 5.75 Å². The first-order valence-corrected chi connectivity index (χ1v) is 14.2. The molecule has 4 rings (SSSR count). The number of esters is 1. The zero-order valence-corrected chi connectivity index (χ0v) is 21.9. The van der Waals surface area contributed by atoms with Crippen molar-refractivity contribution in [1.82, 2.24) is 10.2 Å². The van der Waals surface area contributed by atoms with Gasteiger partial charge >= 0.3 is 5.97 Å². The lowest BCUT2D eigenvalue weighted by Gasteiger charge is -2.36. The number of β-amino-alcohol motifs (C(OH)–C–C–N with tert-alkyl or cyclic N) is 1. The van der Waals surface area contributed by atoms with Crippen molar-refractivity contribution in [3.8, 4) is 5.75 Å². The number of nitrogens with one attached hydrogen (secondary N) is 1. The van der Waals surface area contributed by atoms with E-state index in [0.29, 0.717) is 25.2 Å². The first kappa shape index (κ1) is 27.0. The average molecular weight is 523 g/mol. The van der Waals surface area contributed by atoms with Crippen molar-refractivity contribution in [3.05, 3.63) is 95.6 Å². The fourth-order valence-electron chi connectivity index (χ4n) is 4.66. The summed E-state index contributed by atoms with van der Waals surface area (Å²) >= 11 is 0. The highest BCUT2D eigenvalue weighted by Gasteiger charge is 2.28. The molecule has 3 aromatic rings. The second kappa shape index (κ2) is 12.5. The Morgan fingerprint density at radius 1 is 1.03 bits per heavy atom. The van der Waals surface area contributed by atoms with Gasteiger partial charge in [-0.1, -0.05) is 42.5 Å². The first-order valence-electron chi connectivity index (χ1n) is 12.6. The maximum absolute atomic E-state index is 12.9. The number of carbonyl (C=O) groups excluding carboxylic acids is 1. The second-order valence-electron chi connectivity index (χ2n) is 9.52. The minimum atomic E-state index is -3.52. The molecule has 2 N–H and O–H groups in total. The fourth-order valence-corrected chi connectivity index (χ4v) is 5.95. The van der Waals surface area contributed by atoms with E-state index in [2.05, 4.69) is 17.4 Å². The molecule has 1 saturated heterocycles. The molecule has 0 aromatic heterocycles. The summed E-state index contributed by atoms with van der Waals surface area (Å²) in [6.45, 7) is 2.22. The number of rotatable bonds is 10. The summed E-state index contributed by atoms with van der Waals surface area (Å²) in [5, 5.41) is 13.7. The third-order valence-corrected chi connectivity index (χ3v) is 8.47. The number of benzene rings is 3. The molecule has 37 heavy (non-hydrogen) atoms. The Bertz CT molecular complexity index is 1280. The van der Waals surface area contributed by atoms with Crippen molar-refractivity contribution >= 4 is 15.8 Å². The molecule has 1 aliphatic heterocycles. The summed E-state index contributed by atoms with van der Waals surface area (Å²) in [5.74, 6) is -0.0776. The first-order chi connectivity index (χ1) is 17.8. The smallest absolute Gasteiger partial charge is 0.343 e. The maximum atomic E-state index is 12.9. The summed E-state index contributed by atoms with van der Waals surface area (Å²) in [4.78, 5) is 14.7. The van der Waals surface area contributed by atoms with Crippen molar-refractivity contribution in [2.75, 3.05) is 32.4 Å². The molecule has 1 aliphatic rings. The highest BCUT2D eigenvalue weighted by molar-refractivity contribution is 7.91. The van der Waals surface area contributed by atoms with Crippen LogP contribution in [0, 0.1) is 5.92 Å². The maximum Gasteiger partial charge on any atom is 0.343 e. The van der Waals surface area contributed by atoms with Crippen LogP contribution >= 0.6 is 0 Å². The third kappa shape index (κ3) is 7.49. The zero-order valence-electron chi connectivity index (χ0n) is 21.0. The molecule has 0 bridgehead atoms. The van der Waals surface area contributed by atoms with E-state index >= 15 is 0 Å². The molecule has 0 saturated carbocycles. The second-order valence-corrected chi connectivity index (χ2v) is 11.6. The Kier molecular flexibility index (Phi) is 9.10. The van der Waals surface area contributed by atoms with Gasteiger partial charge in [-0.15, -0.1) is 0 Å². The SMILES string of the molecule is CNCc1cccc(C(=O)Oc2ccc(S(=O)(=O)CCN3CC[C@H](Cc4ccccc4)[C@H](O)C3)cc2)c1. The van der Waals surface area contributed by atoms with Gasteiger partial charge in [0.25, 0.3) is 0 Å². The summed E-state index contributed by atoms with van der Waals surface area (Å²) in [7, 11) is -1.69. The largest absolute Gasteiger partial charge is 0.423 e. The summed E-state index contributed by atoms with van der Waals surface area (Å²) in [6, 6.07) is 23.2. The van der Waals surface area contributed by atoms with Crippen molar-refractivity contribution in [3.63, 3.8) is 0 Å². The minimum Gasteiger partial charge on any atom is -0.423 e. The summed E-state index contributed by atoms with van der Waals surface area (Å²) in [6.07, 6.45) is 1.17. The molecule has 0 aliphatic carbocycles. The highest BCUT2D eigenvalue weighted by Crippen LogP contribution is 2.23. The van der Waals surface area contributed by atoms with E-state index in [0.717, 1.165) is 24.9 Å². The predicted octanol–water partition coefficient (Wildman–Crippen LogP) is 3.32. The number of hydrogen-bond acceptors (Lipinski definition) is 7. The van der Waals surface area contributed by atoms with Crippen molar-refractivity contribution < 1.29 is 23.1 Å². The van der Waals surface area contributed by atoms with Gasteiger partial charge in [-0.25, -0.2) is 13.2 Å². The van der Waals surface area contributed by atoms with Crippen LogP contribution < -0.4 is 10.1 Å². The van der Waals surface area contributed by atoms with Crippen LogP contribution in [0.1, 0.15) is 27.9 Å². The minimum absolute atomic E-state index is 0.0412. The van der Waals surface area contributed by atoms with Crippen molar-refractivity contribution in [2.45, 2.75) is 30.4 Å². The molecule has 0 radical (unpaired) electrons. The number of aliphatic hydroxyl groups is 1. The lowest BCUT2D eigenvalue weighted by atomic mass is 9.88. The van der Waals surface area contributed by atoms with Gasteiger partial charge < -0.3 is 15.2 Å². The molecule has 8 heteroatoms. The summed E-state index contributed by atoms with van der Waals surface area (Å²) in [5.41, 5.74) is 2.60. The van der Waals surface area contributed by atoms with Gasteiger partial charge in [0.15, 0.2) is 9.84 Å². The van der Waals surface area contributed by atoms with E-state index in [9.17, 15) is 18.3 Å². The summed E-state index contributed by atoms with van der Waals surface area (Å²) < 4.78 is 31.3. The van der Waals surface area contributed by atoms with Gasteiger partial charge in [-0.05, 0) is 79.9 Å². The van der Waals surface area contributed by atoms with E-state index < -0.39 is 21.9 Å². The van der Waals surface area contributed by atoms with Gasteiger partial charge in [0.2, 0.25) is 0 Å². The average Bonchev–Trinajstić information content (AvgIpc) is 2.90. The lowest BCUT2D eigenvalue weighted by molar-refractivity contribution is 0.0245. The number of sulfone groups is 1. The van der Waals surface area contributed by atoms with Gasteiger partial charge in [0.1, 0.15) is 5.75 Å². The Labute approximate surface area is 219 Å². The van der Waals surface area contributed by atoms with E-state index in [1.807, 2.05) is 36.2 Å². The number of hydrogen-bond donors (Lipinski definition) is 2. The standard InChI is InChI=1S/C29H34N2O5S/c1-30-20-23-8-5-9-25(19-23)29(33)36-26-10-12-27(13-11-26)37(34,35)17-16-31-15-14-24(28(32)21-31)18-22-6-3-2-4-7-22/h2-13,19,24,28,30,32H,14-18,20-21H2,1H3/t24-,28-/m1/s1. The van der Waals surface area contributed by atoms with Gasteiger partial charge in [-0.3, -0.25) is 4.90 Å². The van der Waals surface area contributed by atoms with Crippen LogP contribution in [0.2, 0.25) is 0 Å². The quantitative estimate of drug-likeness (QED) is 0.312. The number of nitrogens with zero attached hydrogens (tertiary/aromatic N) is 1. The molecule has 0 amide bonds. The zero-order chi connectivity index (χ0) is 26.3. The predicted molar refractivity (Wildman–Crippen MR) is 143 cm³/mol. The van der Waals surface area contributed by atoms with Crippen LogP contribution in [-0.2, 0) is 22.8 Å². The van der Waals surface area contributed by atoms with Crippen LogP contribution in [-0.4, -0.2) is 62.9 Å². The molecule has 1 heterocycles. The molecule has 3 aromatic carbocycles. The Morgan fingerprint density at radius 2 is 1.76 bits per heavy atom. The van der Waals surface area contributed by atoms with E-state index in [1.165, 1.54) is 29.8 Å². The van der Waals surface area contributed by atoms with E-state index in [4.69, 9.17) is 4.74 Å². The van der Waals surface area contributed by atoms with Gasteiger partial charge in [-0.2, -0.15) is 0 Å². The van der Waals surface area contributed by atoms with Crippen LogP contribution in [0.15, 0.2) is 83.8 Å². The molecule has 1 fully saturated rings. The Balaban J connectivity index is 1.28.